The van der Waals surface area contributed by atoms with E-state index in [1.54, 1.807) is 12.1 Å². The van der Waals surface area contributed by atoms with Crippen molar-refractivity contribution in [2.75, 3.05) is 39.4 Å². The van der Waals surface area contributed by atoms with Crippen LogP contribution in [0.25, 0.3) is 0 Å². The maximum atomic E-state index is 12.8. The van der Waals surface area contributed by atoms with E-state index in [4.69, 9.17) is 4.74 Å². The molecule has 0 saturated carbocycles. The summed E-state index contributed by atoms with van der Waals surface area (Å²) in [5.74, 6) is 0.170. The van der Waals surface area contributed by atoms with Crippen molar-refractivity contribution < 1.29 is 17.9 Å². The average molecular weight is 366 g/mol. The molecule has 0 bridgehead atoms. The minimum Gasteiger partial charge on any atom is -0.381 e. The lowest BCUT2D eigenvalue weighted by molar-refractivity contribution is -0.139. The lowest BCUT2D eigenvalue weighted by Gasteiger charge is -2.36. The summed E-state index contributed by atoms with van der Waals surface area (Å²) >= 11 is 0. The van der Waals surface area contributed by atoms with E-state index >= 15 is 0 Å². The monoisotopic (exact) mass is 366 g/mol. The Labute approximate surface area is 149 Å². The number of carbonyl (C=O) groups excluding carboxylic acids is 1. The van der Waals surface area contributed by atoms with Gasteiger partial charge in [0.1, 0.15) is 0 Å². The van der Waals surface area contributed by atoms with Gasteiger partial charge in [0.05, 0.1) is 4.90 Å². The number of sulfonamides is 1. The third-order valence-electron chi connectivity index (χ3n) is 5.24. The fraction of sp³-hybridized carbons (Fsp3) is 0.611. The highest BCUT2D eigenvalue weighted by Gasteiger charge is 2.33. The SMILES string of the molecule is Cc1ccc(S(=O)(=O)N2CCN(C(=O)C3CCOCC3)CC2)cc1C. The van der Waals surface area contributed by atoms with Gasteiger partial charge in [-0.1, -0.05) is 6.07 Å². The van der Waals surface area contributed by atoms with E-state index in [9.17, 15) is 13.2 Å². The molecule has 2 aliphatic heterocycles. The van der Waals surface area contributed by atoms with E-state index in [-0.39, 0.29) is 11.8 Å². The predicted molar refractivity (Wildman–Crippen MR) is 94.8 cm³/mol. The summed E-state index contributed by atoms with van der Waals surface area (Å²) < 4.78 is 32.5. The van der Waals surface area contributed by atoms with Crippen LogP contribution in [0.15, 0.2) is 23.1 Å². The first-order valence-corrected chi connectivity index (χ1v) is 10.3. The van der Waals surface area contributed by atoms with E-state index in [1.165, 1.54) is 4.31 Å². The highest BCUT2D eigenvalue weighted by atomic mass is 32.2. The number of hydrogen-bond donors (Lipinski definition) is 0. The molecule has 1 amide bonds. The lowest BCUT2D eigenvalue weighted by Crippen LogP contribution is -2.52. The van der Waals surface area contributed by atoms with Crippen LogP contribution in [-0.2, 0) is 19.6 Å². The van der Waals surface area contributed by atoms with Crippen LogP contribution in [0.1, 0.15) is 24.0 Å². The Morgan fingerprint density at radius 1 is 1.04 bits per heavy atom. The second kappa shape index (κ2) is 7.43. The van der Waals surface area contributed by atoms with E-state index in [0.29, 0.717) is 44.3 Å². The zero-order valence-electron chi connectivity index (χ0n) is 14.9. The van der Waals surface area contributed by atoms with Crippen molar-refractivity contribution >= 4 is 15.9 Å². The number of nitrogens with zero attached hydrogens (tertiary/aromatic N) is 2. The molecule has 0 atom stereocenters. The third kappa shape index (κ3) is 3.88. The minimum absolute atomic E-state index is 0.0247. The zero-order valence-corrected chi connectivity index (χ0v) is 15.7. The number of benzene rings is 1. The first kappa shape index (κ1) is 18.4. The molecule has 0 N–H and O–H groups in total. The Hall–Kier alpha value is -1.44. The van der Waals surface area contributed by atoms with Crippen molar-refractivity contribution in [3.8, 4) is 0 Å². The summed E-state index contributed by atoms with van der Waals surface area (Å²) in [6.07, 6.45) is 1.53. The average Bonchev–Trinajstić information content (AvgIpc) is 2.64. The van der Waals surface area contributed by atoms with Crippen LogP contribution >= 0.6 is 0 Å². The molecule has 3 rings (SSSR count). The van der Waals surface area contributed by atoms with Crippen molar-refractivity contribution in [2.24, 2.45) is 5.92 Å². The van der Waals surface area contributed by atoms with Gasteiger partial charge in [0.25, 0.3) is 0 Å². The molecule has 0 aromatic heterocycles. The second-order valence-corrected chi connectivity index (χ2v) is 8.80. The number of ether oxygens (including phenoxy) is 1. The molecule has 0 spiro atoms. The van der Waals surface area contributed by atoms with Gasteiger partial charge in [-0.05, 0) is 49.9 Å². The van der Waals surface area contributed by atoms with Crippen LogP contribution in [0.2, 0.25) is 0 Å². The van der Waals surface area contributed by atoms with E-state index in [2.05, 4.69) is 0 Å². The normalized spacial score (nSPS) is 20.6. The van der Waals surface area contributed by atoms with Gasteiger partial charge in [-0.3, -0.25) is 4.79 Å². The topological polar surface area (TPSA) is 66.9 Å². The van der Waals surface area contributed by atoms with Crippen LogP contribution in [0.5, 0.6) is 0 Å². The van der Waals surface area contributed by atoms with Gasteiger partial charge >= 0.3 is 0 Å². The van der Waals surface area contributed by atoms with Gasteiger partial charge in [0.2, 0.25) is 15.9 Å². The van der Waals surface area contributed by atoms with Crippen LogP contribution in [0.3, 0.4) is 0 Å². The second-order valence-electron chi connectivity index (χ2n) is 6.86. The maximum Gasteiger partial charge on any atom is 0.243 e. The number of carbonyl (C=O) groups is 1. The summed E-state index contributed by atoms with van der Waals surface area (Å²) in [6, 6.07) is 5.23. The van der Waals surface area contributed by atoms with Crippen molar-refractivity contribution in [3.63, 3.8) is 0 Å². The number of hydrogen-bond acceptors (Lipinski definition) is 4. The van der Waals surface area contributed by atoms with E-state index in [1.807, 2.05) is 24.8 Å². The fourth-order valence-electron chi connectivity index (χ4n) is 3.38. The van der Waals surface area contributed by atoms with Gasteiger partial charge in [0, 0.05) is 45.3 Å². The van der Waals surface area contributed by atoms with Gasteiger partial charge in [-0.15, -0.1) is 0 Å². The summed E-state index contributed by atoms with van der Waals surface area (Å²) in [4.78, 5) is 14.7. The maximum absolute atomic E-state index is 12.8. The zero-order chi connectivity index (χ0) is 18.0. The molecule has 25 heavy (non-hydrogen) atoms. The predicted octanol–water partition coefficient (Wildman–Crippen LogP) is 1.56. The van der Waals surface area contributed by atoms with Crippen molar-refractivity contribution in [3.05, 3.63) is 29.3 Å². The van der Waals surface area contributed by atoms with Crippen LogP contribution in [0.4, 0.5) is 0 Å². The molecule has 138 valence electrons. The minimum atomic E-state index is -3.50. The van der Waals surface area contributed by atoms with Gasteiger partial charge in [0.15, 0.2) is 0 Å². The quantitative estimate of drug-likeness (QED) is 0.814. The molecule has 1 aromatic rings. The molecule has 0 aliphatic carbocycles. The Kier molecular flexibility index (Phi) is 5.46. The molecular weight excluding hydrogens is 340 g/mol. The molecule has 0 unspecified atom stereocenters. The molecule has 2 heterocycles. The highest BCUT2D eigenvalue weighted by molar-refractivity contribution is 7.89. The van der Waals surface area contributed by atoms with Gasteiger partial charge in [-0.2, -0.15) is 4.31 Å². The first-order chi connectivity index (χ1) is 11.9. The largest absolute Gasteiger partial charge is 0.381 e. The molecule has 2 aliphatic rings. The smallest absolute Gasteiger partial charge is 0.243 e. The third-order valence-corrected chi connectivity index (χ3v) is 7.13. The van der Waals surface area contributed by atoms with E-state index in [0.717, 1.165) is 24.0 Å². The molecule has 0 radical (unpaired) electrons. The Balaban J connectivity index is 1.64. The Morgan fingerprint density at radius 3 is 2.28 bits per heavy atom. The van der Waals surface area contributed by atoms with Crippen LogP contribution < -0.4 is 0 Å². The molecule has 6 nitrogen and oxygen atoms in total. The molecular formula is C18H26N2O4S. The van der Waals surface area contributed by atoms with Crippen LogP contribution in [-0.4, -0.2) is 62.9 Å². The first-order valence-electron chi connectivity index (χ1n) is 8.83. The molecule has 7 heteroatoms. The van der Waals surface area contributed by atoms with E-state index < -0.39 is 10.0 Å². The van der Waals surface area contributed by atoms with Crippen molar-refractivity contribution in [1.29, 1.82) is 0 Å². The van der Waals surface area contributed by atoms with Crippen molar-refractivity contribution in [2.45, 2.75) is 31.6 Å². The molecule has 2 fully saturated rings. The summed E-state index contributed by atoms with van der Waals surface area (Å²) in [5.41, 5.74) is 2.04. The van der Waals surface area contributed by atoms with Crippen molar-refractivity contribution in [1.82, 2.24) is 9.21 Å². The highest BCUT2D eigenvalue weighted by Crippen LogP contribution is 2.22. The summed E-state index contributed by atoms with van der Waals surface area (Å²) in [5, 5.41) is 0. The number of rotatable bonds is 3. The lowest BCUT2D eigenvalue weighted by atomic mass is 9.98. The standard InChI is InChI=1S/C18H26N2O4S/c1-14-3-4-17(13-15(14)2)25(22,23)20-9-7-19(8-10-20)18(21)16-5-11-24-12-6-16/h3-4,13,16H,5-12H2,1-2H3. The molecule has 2 saturated heterocycles. The summed E-state index contributed by atoms with van der Waals surface area (Å²) in [6.45, 7) is 6.77. The number of piperazine rings is 1. The van der Waals surface area contributed by atoms with Gasteiger partial charge in [-0.25, -0.2) is 8.42 Å². The number of aryl methyl sites for hydroxylation is 2. The Morgan fingerprint density at radius 2 is 1.68 bits per heavy atom. The number of amides is 1. The van der Waals surface area contributed by atoms with Gasteiger partial charge < -0.3 is 9.64 Å². The molecule has 1 aromatic carbocycles. The van der Waals surface area contributed by atoms with Crippen LogP contribution in [0, 0.1) is 19.8 Å². The fourth-order valence-corrected chi connectivity index (χ4v) is 4.88. The summed E-state index contributed by atoms with van der Waals surface area (Å²) in [7, 11) is -3.50. The Bertz CT molecular complexity index is 733.